The van der Waals surface area contributed by atoms with Gasteiger partial charge in [-0.25, -0.2) is 4.98 Å². The first kappa shape index (κ1) is 14.8. The summed E-state index contributed by atoms with van der Waals surface area (Å²) in [6.45, 7) is 7.43. The van der Waals surface area contributed by atoms with Gasteiger partial charge < -0.3 is 14.8 Å². The van der Waals surface area contributed by atoms with E-state index in [0.29, 0.717) is 6.04 Å². The standard InChI is InChI=1S/C16H24N4/c1-14(2)19(3)10-8-17-12-15-4-6-16(7-5-15)20-11-9-18-13-20/h4-7,9,11,13-14,17H,8,10,12H2,1-3H3. The van der Waals surface area contributed by atoms with E-state index in [4.69, 9.17) is 0 Å². The Balaban J connectivity index is 1.77. The SMILES string of the molecule is CC(C)N(C)CCNCc1ccc(-n2ccnc2)cc1. The van der Waals surface area contributed by atoms with Crippen LogP contribution in [0.1, 0.15) is 19.4 Å². The summed E-state index contributed by atoms with van der Waals surface area (Å²) in [6.07, 6.45) is 5.56. The number of aromatic nitrogens is 2. The highest BCUT2D eigenvalue weighted by molar-refractivity contribution is 5.34. The Morgan fingerprint density at radius 2 is 2.00 bits per heavy atom. The number of imidazole rings is 1. The van der Waals surface area contributed by atoms with Gasteiger partial charge in [-0.2, -0.15) is 0 Å². The van der Waals surface area contributed by atoms with Crippen molar-refractivity contribution < 1.29 is 0 Å². The number of hydrogen-bond donors (Lipinski definition) is 1. The van der Waals surface area contributed by atoms with E-state index in [-0.39, 0.29) is 0 Å². The summed E-state index contributed by atoms with van der Waals surface area (Å²) in [5.41, 5.74) is 2.45. The number of rotatable bonds is 7. The van der Waals surface area contributed by atoms with Crippen molar-refractivity contribution in [3.05, 3.63) is 48.5 Å². The molecule has 0 amide bonds. The molecule has 0 spiro atoms. The first-order chi connectivity index (χ1) is 9.66. The third-order valence-corrected chi connectivity index (χ3v) is 3.59. The summed E-state index contributed by atoms with van der Waals surface area (Å²) in [5.74, 6) is 0. The average molecular weight is 272 g/mol. The molecule has 0 bridgehead atoms. The average Bonchev–Trinajstić information content (AvgIpc) is 2.98. The van der Waals surface area contributed by atoms with Gasteiger partial charge in [0.25, 0.3) is 0 Å². The lowest BCUT2D eigenvalue weighted by atomic mass is 10.2. The first-order valence-corrected chi connectivity index (χ1v) is 7.15. The second-order valence-corrected chi connectivity index (χ2v) is 5.39. The highest BCUT2D eigenvalue weighted by Crippen LogP contribution is 2.09. The van der Waals surface area contributed by atoms with E-state index < -0.39 is 0 Å². The molecule has 4 heteroatoms. The van der Waals surface area contributed by atoms with Crippen LogP contribution in [0.5, 0.6) is 0 Å². The fraction of sp³-hybridized carbons (Fsp3) is 0.438. The molecule has 0 aliphatic rings. The van der Waals surface area contributed by atoms with Crippen molar-refractivity contribution in [2.75, 3.05) is 20.1 Å². The molecule has 2 rings (SSSR count). The maximum absolute atomic E-state index is 4.06. The third kappa shape index (κ3) is 4.18. The van der Waals surface area contributed by atoms with Gasteiger partial charge in [0.05, 0.1) is 6.33 Å². The molecular weight excluding hydrogens is 248 g/mol. The van der Waals surface area contributed by atoms with Crippen molar-refractivity contribution in [1.82, 2.24) is 19.8 Å². The summed E-state index contributed by atoms with van der Waals surface area (Å²) in [7, 11) is 2.16. The second-order valence-electron chi connectivity index (χ2n) is 5.39. The third-order valence-electron chi connectivity index (χ3n) is 3.59. The van der Waals surface area contributed by atoms with E-state index in [2.05, 4.69) is 60.4 Å². The van der Waals surface area contributed by atoms with Gasteiger partial charge in [0, 0.05) is 43.8 Å². The van der Waals surface area contributed by atoms with Crippen LogP contribution in [0.3, 0.4) is 0 Å². The maximum Gasteiger partial charge on any atom is 0.0991 e. The Labute approximate surface area is 121 Å². The number of likely N-dealkylation sites (N-methyl/N-ethyl adjacent to an activating group) is 1. The Morgan fingerprint density at radius 3 is 2.60 bits per heavy atom. The zero-order valence-electron chi connectivity index (χ0n) is 12.6. The van der Waals surface area contributed by atoms with Gasteiger partial charge in [-0.1, -0.05) is 12.1 Å². The zero-order chi connectivity index (χ0) is 14.4. The molecule has 0 atom stereocenters. The molecule has 108 valence electrons. The molecule has 1 aromatic carbocycles. The van der Waals surface area contributed by atoms with Crippen LogP contribution in [0, 0.1) is 0 Å². The van der Waals surface area contributed by atoms with Gasteiger partial charge in [0.2, 0.25) is 0 Å². The van der Waals surface area contributed by atoms with E-state index in [1.54, 1.807) is 6.20 Å². The van der Waals surface area contributed by atoms with Crippen molar-refractivity contribution in [2.45, 2.75) is 26.4 Å². The van der Waals surface area contributed by atoms with Crippen LogP contribution in [0.25, 0.3) is 5.69 Å². The fourth-order valence-corrected chi connectivity index (χ4v) is 1.94. The molecule has 1 heterocycles. The summed E-state index contributed by atoms with van der Waals surface area (Å²) in [5, 5.41) is 3.48. The number of nitrogens with zero attached hydrogens (tertiary/aromatic N) is 3. The van der Waals surface area contributed by atoms with Crippen LogP contribution in [0.15, 0.2) is 43.0 Å². The highest BCUT2D eigenvalue weighted by Gasteiger charge is 2.02. The number of hydrogen-bond acceptors (Lipinski definition) is 3. The Bertz CT molecular complexity index is 488. The van der Waals surface area contributed by atoms with Gasteiger partial charge in [0.1, 0.15) is 0 Å². The maximum atomic E-state index is 4.06. The molecule has 0 saturated carbocycles. The lowest BCUT2D eigenvalue weighted by Gasteiger charge is -2.20. The largest absolute Gasteiger partial charge is 0.311 e. The monoisotopic (exact) mass is 272 g/mol. The summed E-state index contributed by atoms with van der Waals surface area (Å²) >= 11 is 0. The van der Waals surface area contributed by atoms with Gasteiger partial charge >= 0.3 is 0 Å². The molecular formula is C16H24N4. The van der Waals surface area contributed by atoms with Gasteiger partial charge in [-0.15, -0.1) is 0 Å². The van der Waals surface area contributed by atoms with E-state index in [0.717, 1.165) is 25.3 Å². The number of nitrogens with one attached hydrogen (secondary N) is 1. The Kier molecular flexibility index (Phi) is 5.32. The predicted molar refractivity (Wildman–Crippen MR) is 83.0 cm³/mol. The van der Waals surface area contributed by atoms with Gasteiger partial charge in [-0.05, 0) is 38.6 Å². The molecule has 0 radical (unpaired) electrons. The van der Waals surface area contributed by atoms with Crippen molar-refractivity contribution >= 4 is 0 Å². The molecule has 1 aromatic heterocycles. The molecule has 0 unspecified atom stereocenters. The lowest BCUT2D eigenvalue weighted by molar-refractivity contribution is 0.273. The number of benzene rings is 1. The van der Waals surface area contributed by atoms with Crippen LogP contribution in [-0.4, -0.2) is 40.6 Å². The minimum Gasteiger partial charge on any atom is -0.311 e. The molecule has 1 N–H and O–H groups in total. The Morgan fingerprint density at radius 1 is 1.25 bits per heavy atom. The topological polar surface area (TPSA) is 33.1 Å². The van der Waals surface area contributed by atoms with Crippen LogP contribution in [-0.2, 0) is 6.54 Å². The van der Waals surface area contributed by atoms with Crippen LogP contribution in [0.4, 0.5) is 0 Å². The van der Waals surface area contributed by atoms with Crippen LogP contribution >= 0.6 is 0 Å². The van der Waals surface area contributed by atoms with E-state index in [9.17, 15) is 0 Å². The quantitative estimate of drug-likeness (QED) is 0.785. The molecule has 2 aromatic rings. The normalized spacial score (nSPS) is 11.4. The molecule has 0 aliphatic heterocycles. The fourth-order valence-electron chi connectivity index (χ4n) is 1.94. The summed E-state index contributed by atoms with van der Waals surface area (Å²) in [6, 6.07) is 9.17. The summed E-state index contributed by atoms with van der Waals surface area (Å²) in [4.78, 5) is 6.40. The van der Waals surface area contributed by atoms with Gasteiger partial charge in [0.15, 0.2) is 0 Å². The smallest absolute Gasteiger partial charge is 0.0991 e. The minimum atomic E-state index is 0.603. The summed E-state index contributed by atoms with van der Waals surface area (Å²) < 4.78 is 2.01. The van der Waals surface area contributed by atoms with Crippen LogP contribution in [0.2, 0.25) is 0 Å². The molecule has 4 nitrogen and oxygen atoms in total. The first-order valence-electron chi connectivity index (χ1n) is 7.15. The second kappa shape index (κ2) is 7.22. The van der Waals surface area contributed by atoms with E-state index >= 15 is 0 Å². The zero-order valence-corrected chi connectivity index (χ0v) is 12.6. The molecule has 0 saturated heterocycles. The van der Waals surface area contributed by atoms with Crippen molar-refractivity contribution in [3.8, 4) is 5.69 Å². The van der Waals surface area contributed by atoms with E-state index in [1.165, 1.54) is 5.56 Å². The van der Waals surface area contributed by atoms with Crippen molar-refractivity contribution in [3.63, 3.8) is 0 Å². The molecule has 0 aliphatic carbocycles. The van der Waals surface area contributed by atoms with Crippen LogP contribution < -0.4 is 5.32 Å². The molecule has 0 fully saturated rings. The van der Waals surface area contributed by atoms with Crippen molar-refractivity contribution in [1.29, 1.82) is 0 Å². The van der Waals surface area contributed by atoms with E-state index in [1.807, 2.05) is 17.1 Å². The van der Waals surface area contributed by atoms with Crippen molar-refractivity contribution in [2.24, 2.45) is 0 Å². The predicted octanol–water partition coefficient (Wildman–Crippen LogP) is 2.30. The highest BCUT2D eigenvalue weighted by atomic mass is 15.1. The van der Waals surface area contributed by atoms with Gasteiger partial charge in [-0.3, -0.25) is 0 Å². The Hall–Kier alpha value is -1.65. The molecule has 20 heavy (non-hydrogen) atoms. The minimum absolute atomic E-state index is 0.603. The lowest BCUT2D eigenvalue weighted by Crippen LogP contribution is -2.33.